The summed E-state index contributed by atoms with van der Waals surface area (Å²) < 4.78 is 15.6. The fourth-order valence-corrected chi connectivity index (χ4v) is 3.52. The zero-order valence-corrected chi connectivity index (χ0v) is 16.8. The molecule has 1 amide bonds. The standard InChI is InChI=1S/C20H27NO10/c1-9(4-10-2-3-13(12(24)5-10)29-7-11(23)6-22)20(28)21-14-15(25)17(27)19-18(16(14)26)30-8-31-19/h2-5,11,14-19,22-27H,6-8H2,1H3,(H,21,28)/b9-4+/t11?,14-,15+,16-,17-,18+,19-/m1/s1. The van der Waals surface area contributed by atoms with E-state index < -0.39 is 55.2 Å². The third kappa shape index (κ3) is 5.15. The Morgan fingerprint density at radius 3 is 2.55 bits per heavy atom. The molecular weight excluding hydrogens is 414 g/mol. The summed E-state index contributed by atoms with van der Waals surface area (Å²) in [7, 11) is 0. The van der Waals surface area contributed by atoms with Gasteiger partial charge in [-0.25, -0.2) is 0 Å². The van der Waals surface area contributed by atoms with Crippen molar-refractivity contribution in [3.05, 3.63) is 29.3 Å². The number of aliphatic hydroxyl groups is 5. The van der Waals surface area contributed by atoms with Crippen molar-refractivity contribution in [2.75, 3.05) is 20.0 Å². The molecule has 0 radical (unpaired) electrons. The molecule has 0 aromatic heterocycles. The second-order valence-electron chi connectivity index (χ2n) is 7.55. The second-order valence-corrected chi connectivity index (χ2v) is 7.55. The molecule has 1 heterocycles. The van der Waals surface area contributed by atoms with Gasteiger partial charge in [-0.2, -0.15) is 0 Å². The molecule has 1 aliphatic heterocycles. The van der Waals surface area contributed by atoms with Crippen molar-refractivity contribution in [1.82, 2.24) is 5.32 Å². The van der Waals surface area contributed by atoms with Gasteiger partial charge in [-0.05, 0) is 30.7 Å². The van der Waals surface area contributed by atoms with Crippen molar-refractivity contribution in [1.29, 1.82) is 0 Å². The molecule has 1 aliphatic carbocycles. The average molecular weight is 441 g/mol. The zero-order chi connectivity index (χ0) is 22.7. The Hall–Kier alpha value is -2.25. The van der Waals surface area contributed by atoms with Gasteiger partial charge < -0.3 is 50.2 Å². The molecule has 2 fully saturated rings. The Bertz CT molecular complexity index is 815. The van der Waals surface area contributed by atoms with Gasteiger partial charge in [0.25, 0.3) is 0 Å². The first-order valence-corrected chi connectivity index (χ1v) is 9.74. The lowest BCUT2D eigenvalue weighted by atomic mass is 9.83. The van der Waals surface area contributed by atoms with E-state index in [2.05, 4.69) is 5.32 Å². The van der Waals surface area contributed by atoms with Crippen molar-refractivity contribution in [3.8, 4) is 11.5 Å². The summed E-state index contributed by atoms with van der Waals surface area (Å²) >= 11 is 0. The number of aromatic hydroxyl groups is 1. The number of benzene rings is 1. The van der Waals surface area contributed by atoms with E-state index in [1.54, 1.807) is 6.07 Å². The van der Waals surface area contributed by atoms with E-state index >= 15 is 0 Å². The molecule has 1 saturated heterocycles. The lowest BCUT2D eigenvalue weighted by Crippen LogP contribution is -2.67. The highest BCUT2D eigenvalue weighted by molar-refractivity contribution is 5.97. The molecule has 172 valence electrons. The quantitative estimate of drug-likeness (QED) is 0.231. The van der Waals surface area contributed by atoms with Crippen LogP contribution in [0, 0.1) is 0 Å². The van der Waals surface area contributed by atoms with Crippen molar-refractivity contribution < 1.29 is 49.6 Å². The Morgan fingerprint density at radius 1 is 1.23 bits per heavy atom. The number of ether oxygens (including phenoxy) is 3. The number of fused-ring (bicyclic) bond motifs is 1. The summed E-state index contributed by atoms with van der Waals surface area (Å²) in [6, 6.07) is 3.19. The number of carbonyl (C=O) groups is 1. The molecule has 1 saturated carbocycles. The zero-order valence-electron chi connectivity index (χ0n) is 16.8. The van der Waals surface area contributed by atoms with Gasteiger partial charge in [0.2, 0.25) is 5.91 Å². The largest absolute Gasteiger partial charge is 0.504 e. The number of carbonyl (C=O) groups excluding carboxylic acids is 1. The molecule has 11 heteroatoms. The Kier molecular flexibility index (Phi) is 7.49. The van der Waals surface area contributed by atoms with Crippen LogP contribution in [0.15, 0.2) is 23.8 Å². The fourth-order valence-electron chi connectivity index (χ4n) is 3.52. The molecule has 7 N–H and O–H groups in total. The lowest BCUT2D eigenvalue weighted by molar-refractivity contribution is -0.155. The van der Waals surface area contributed by atoms with E-state index in [1.165, 1.54) is 25.1 Å². The molecule has 7 atom stereocenters. The van der Waals surface area contributed by atoms with Gasteiger partial charge in [-0.3, -0.25) is 4.79 Å². The minimum Gasteiger partial charge on any atom is -0.504 e. The number of nitrogens with one attached hydrogen (secondary N) is 1. The van der Waals surface area contributed by atoms with Gasteiger partial charge in [0.1, 0.15) is 50.0 Å². The van der Waals surface area contributed by atoms with Crippen LogP contribution in [-0.2, 0) is 14.3 Å². The summed E-state index contributed by atoms with van der Waals surface area (Å²) in [6.45, 7) is 0.704. The highest BCUT2D eigenvalue weighted by Gasteiger charge is 2.53. The Balaban J connectivity index is 1.66. The fraction of sp³-hybridized carbons (Fsp3) is 0.550. The van der Waals surface area contributed by atoms with E-state index in [4.69, 9.17) is 19.3 Å². The molecule has 11 nitrogen and oxygen atoms in total. The number of rotatable bonds is 7. The summed E-state index contributed by atoms with van der Waals surface area (Å²) in [5.41, 5.74) is 0.681. The van der Waals surface area contributed by atoms with Crippen LogP contribution in [0.2, 0.25) is 0 Å². The maximum atomic E-state index is 12.6. The van der Waals surface area contributed by atoms with Gasteiger partial charge >= 0.3 is 0 Å². The van der Waals surface area contributed by atoms with Crippen LogP contribution in [0.3, 0.4) is 0 Å². The van der Waals surface area contributed by atoms with Crippen molar-refractivity contribution >= 4 is 12.0 Å². The Labute approximate surface area is 178 Å². The number of hydrogen-bond donors (Lipinski definition) is 7. The van der Waals surface area contributed by atoms with E-state index in [0.29, 0.717) is 5.56 Å². The first-order chi connectivity index (χ1) is 14.7. The van der Waals surface area contributed by atoms with E-state index in [1.807, 2.05) is 0 Å². The monoisotopic (exact) mass is 441 g/mol. The van der Waals surface area contributed by atoms with E-state index in [0.717, 1.165) is 0 Å². The summed E-state index contributed by atoms with van der Waals surface area (Å²) in [6.07, 6.45) is -5.43. The van der Waals surface area contributed by atoms with Gasteiger partial charge in [-0.1, -0.05) is 6.07 Å². The lowest BCUT2D eigenvalue weighted by Gasteiger charge is -2.41. The minimum atomic E-state index is -1.45. The number of aliphatic hydroxyl groups excluding tert-OH is 5. The third-order valence-corrected chi connectivity index (χ3v) is 5.27. The predicted octanol–water partition coefficient (Wildman–Crippen LogP) is -2.15. The molecular formula is C20H27NO10. The van der Waals surface area contributed by atoms with E-state index in [-0.39, 0.29) is 30.5 Å². The highest BCUT2D eigenvalue weighted by Crippen LogP contribution is 2.30. The van der Waals surface area contributed by atoms with Crippen molar-refractivity contribution in [2.24, 2.45) is 0 Å². The summed E-state index contributed by atoms with van der Waals surface area (Å²) in [5.74, 6) is -0.723. The number of phenolic OH excluding ortho intramolecular Hbond substituents is 1. The predicted molar refractivity (Wildman–Crippen MR) is 105 cm³/mol. The molecule has 2 aliphatic rings. The maximum Gasteiger partial charge on any atom is 0.247 e. The van der Waals surface area contributed by atoms with Gasteiger partial charge in [-0.15, -0.1) is 0 Å². The molecule has 3 rings (SSSR count). The summed E-state index contributed by atoms with van der Waals surface area (Å²) in [4.78, 5) is 12.6. The third-order valence-electron chi connectivity index (χ3n) is 5.27. The topological polar surface area (TPSA) is 178 Å². The van der Waals surface area contributed by atoms with Crippen LogP contribution in [0.5, 0.6) is 11.5 Å². The number of phenols is 1. The highest BCUT2D eigenvalue weighted by atomic mass is 16.7. The maximum absolute atomic E-state index is 12.6. The van der Waals surface area contributed by atoms with Crippen LogP contribution in [0.4, 0.5) is 0 Å². The molecule has 1 aromatic carbocycles. The molecule has 1 unspecified atom stereocenters. The van der Waals surface area contributed by atoms with Crippen LogP contribution >= 0.6 is 0 Å². The van der Waals surface area contributed by atoms with Gasteiger partial charge in [0.15, 0.2) is 11.5 Å². The number of amides is 1. The van der Waals surface area contributed by atoms with Crippen LogP contribution < -0.4 is 10.1 Å². The molecule has 0 bridgehead atoms. The Morgan fingerprint density at radius 2 is 1.90 bits per heavy atom. The normalized spacial score (nSPS) is 31.7. The average Bonchev–Trinajstić information content (AvgIpc) is 3.24. The van der Waals surface area contributed by atoms with Crippen LogP contribution in [-0.4, -0.2) is 99.2 Å². The first-order valence-electron chi connectivity index (χ1n) is 9.74. The molecule has 31 heavy (non-hydrogen) atoms. The van der Waals surface area contributed by atoms with Gasteiger partial charge in [0.05, 0.1) is 12.6 Å². The van der Waals surface area contributed by atoms with E-state index in [9.17, 15) is 30.3 Å². The minimum absolute atomic E-state index is 0.0996. The molecule has 1 aromatic rings. The first kappa shape index (κ1) is 23.4. The van der Waals surface area contributed by atoms with Crippen molar-refractivity contribution in [3.63, 3.8) is 0 Å². The number of hydrogen-bond acceptors (Lipinski definition) is 10. The van der Waals surface area contributed by atoms with Crippen LogP contribution in [0.25, 0.3) is 6.08 Å². The second kappa shape index (κ2) is 9.92. The van der Waals surface area contributed by atoms with Gasteiger partial charge in [0, 0.05) is 5.57 Å². The van der Waals surface area contributed by atoms with Crippen LogP contribution in [0.1, 0.15) is 12.5 Å². The summed E-state index contributed by atoms with van der Waals surface area (Å²) in [5, 5.41) is 61.6. The molecule has 0 spiro atoms. The van der Waals surface area contributed by atoms with Crippen molar-refractivity contribution in [2.45, 2.75) is 49.6 Å². The SMILES string of the molecule is C/C(=C\c1ccc(OCC(O)CO)c(O)c1)C(=O)N[C@@H]1[C@H](O)[C@@H](O)[C@H]2OCO[C@H]2[C@@H]1O. The smallest absolute Gasteiger partial charge is 0.247 e.